The lowest BCUT2D eigenvalue weighted by Crippen LogP contribution is -2.50. The molecule has 2 N–H and O–H groups in total. The van der Waals surface area contributed by atoms with Gasteiger partial charge in [-0.1, -0.05) is 55.3 Å². The minimum atomic E-state index is -1.44. The average Bonchev–Trinajstić information content (AvgIpc) is 3.21. The average molecular weight is 416 g/mol. The van der Waals surface area contributed by atoms with Crippen LogP contribution in [0.5, 0.6) is 0 Å². The first-order valence-corrected chi connectivity index (χ1v) is 11.4. The lowest BCUT2D eigenvalue weighted by molar-refractivity contribution is -0.147. The van der Waals surface area contributed by atoms with E-state index in [0.717, 1.165) is 50.9 Å². The van der Waals surface area contributed by atoms with Crippen LogP contribution in [0.25, 0.3) is 0 Å². The summed E-state index contributed by atoms with van der Waals surface area (Å²) in [4.78, 5) is 15.8. The number of piperidine rings is 1. The summed E-state index contributed by atoms with van der Waals surface area (Å²) >= 11 is 0. The van der Waals surface area contributed by atoms with Crippen molar-refractivity contribution in [2.45, 2.75) is 43.9 Å². The first-order valence-electron chi connectivity index (χ1n) is 11.4. The maximum absolute atomic E-state index is 13.4. The van der Waals surface area contributed by atoms with E-state index in [9.17, 15) is 9.90 Å². The minimum absolute atomic E-state index is 0.0163. The summed E-state index contributed by atoms with van der Waals surface area (Å²) in [7, 11) is 0. The van der Waals surface area contributed by atoms with Gasteiger partial charge in [0.25, 0.3) is 5.91 Å². The summed E-state index contributed by atoms with van der Waals surface area (Å²) in [6, 6.07) is 19.6. The highest BCUT2D eigenvalue weighted by Crippen LogP contribution is 2.47. The van der Waals surface area contributed by atoms with Crippen molar-refractivity contribution in [2.75, 3.05) is 13.1 Å². The number of nitrogens with zero attached hydrogens (tertiary/aromatic N) is 2. The molecule has 0 aromatic heterocycles. The standard InChI is InChI=1S/C26H29N3O2/c27-14-18-7-6-8-19(13-18)15-29-16-22-23(17-29)24(22)28-25(30)26(31,21-11-4-5-12-21)20-9-2-1-3-10-20/h1-3,6-10,13,21-24,31H,4-5,11-12,15-17H2,(H,28,30). The molecule has 0 bridgehead atoms. The van der Waals surface area contributed by atoms with Crippen molar-refractivity contribution in [3.05, 3.63) is 71.3 Å². The van der Waals surface area contributed by atoms with E-state index in [2.05, 4.69) is 22.4 Å². The van der Waals surface area contributed by atoms with Crippen molar-refractivity contribution >= 4 is 5.91 Å². The van der Waals surface area contributed by atoms with Gasteiger partial charge in [0, 0.05) is 31.6 Å². The second kappa shape index (κ2) is 8.11. The fourth-order valence-electron chi connectivity index (χ4n) is 5.80. The third-order valence-electron chi connectivity index (χ3n) is 7.54. The maximum atomic E-state index is 13.4. The number of nitriles is 1. The molecule has 5 rings (SSSR count). The fraction of sp³-hybridized carbons (Fsp3) is 0.462. The Balaban J connectivity index is 1.22. The van der Waals surface area contributed by atoms with Crippen LogP contribution >= 0.6 is 0 Å². The Morgan fingerprint density at radius 2 is 1.81 bits per heavy atom. The largest absolute Gasteiger partial charge is 0.375 e. The number of hydrogen-bond acceptors (Lipinski definition) is 4. The third-order valence-corrected chi connectivity index (χ3v) is 7.54. The molecule has 2 aliphatic carbocycles. The predicted molar refractivity (Wildman–Crippen MR) is 118 cm³/mol. The molecule has 1 saturated heterocycles. The van der Waals surface area contributed by atoms with Gasteiger partial charge in [0.15, 0.2) is 5.60 Å². The van der Waals surface area contributed by atoms with Crippen molar-refractivity contribution in [1.29, 1.82) is 5.26 Å². The zero-order valence-corrected chi connectivity index (χ0v) is 17.7. The number of aliphatic hydroxyl groups is 1. The van der Waals surface area contributed by atoms with Gasteiger partial charge >= 0.3 is 0 Å². The zero-order valence-electron chi connectivity index (χ0n) is 17.7. The molecule has 0 radical (unpaired) electrons. The van der Waals surface area contributed by atoms with Gasteiger partial charge in [0.1, 0.15) is 0 Å². The number of fused-ring (bicyclic) bond motifs is 1. The van der Waals surface area contributed by atoms with E-state index in [1.54, 1.807) is 0 Å². The van der Waals surface area contributed by atoms with Crippen LogP contribution in [0.3, 0.4) is 0 Å². The first-order chi connectivity index (χ1) is 15.1. The Kier molecular flexibility index (Phi) is 5.29. The molecule has 5 nitrogen and oxygen atoms in total. The molecule has 3 unspecified atom stereocenters. The molecule has 3 atom stereocenters. The van der Waals surface area contributed by atoms with Gasteiger partial charge in [-0.15, -0.1) is 0 Å². The second-order valence-electron chi connectivity index (χ2n) is 9.45. The SMILES string of the molecule is N#Cc1cccc(CN2CC3C(C2)C3NC(=O)C(O)(c2ccccc2)C2CCCC2)c1. The van der Waals surface area contributed by atoms with E-state index < -0.39 is 5.60 Å². The molecule has 3 fully saturated rings. The van der Waals surface area contributed by atoms with Crippen LogP contribution < -0.4 is 5.32 Å². The third kappa shape index (κ3) is 3.75. The Morgan fingerprint density at radius 3 is 2.48 bits per heavy atom. The second-order valence-corrected chi connectivity index (χ2v) is 9.45. The molecule has 0 spiro atoms. The molecule has 5 heteroatoms. The number of rotatable bonds is 6. The number of amides is 1. The van der Waals surface area contributed by atoms with Crippen LogP contribution in [-0.2, 0) is 16.9 Å². The summed E-state index contributed by atoms with van der Waals surface area (Å²) in [5.74, 6) is 0.661. The molecule has 1 aliphatic heterocycles. The zero-order chi connectivity index (χ0) is 21.4. The van der Waals surface area contributed by atoms with Crippen molar-refractivity contribution in [3.8, 4) is 6.07 Å². The minimum Gasteiger partial charge on any atom is -0.375 e. The van der Waals surface area contributed by atoms with E-state index >= 15 is 0 Å². The van der Waals surface area contributed by atoms with Gasteiger partial charge in [-0.05, 0) is 47.9 Å². The molecule has 2 aromatic rings. The van der Waals surface area contributed by atoms with E-state index in [4.69, 9.17) is 5.26 Å². The van der Waals surface area contributed by atoms with Crippen LogP contribution in [0.2, 0.25) is 0 Å². The number of carbonyl (C=O) groups excluding carboxylic acids is 1. The van der Waals surface area contributed by atoms with Crippen molar-refractivity contribution < 1.29 is 9.90 Å². The lowest BCUT2D eigenvalue weighted by Gasteiger charge is -2.33. The lowest BCUT2D eigenvalue weighted by atomic mass is 9.79. The Bertz CT molecular complexity index is 983. The van der Waals surface area contributed by atoms with Gasteiger partial charge in [0.2, 0.25) is 0 Å². The number of benzene rings is 2. The Hall–Kier alpha value is -2.68. The van der Waals surface area contributed by atoms with Gasteiger partial charge in [-0.3, -0.25) is 9.69 Å². The molecule has 1 amide bonds. The van der Waals surface area contributed by atoms with Gasteiger partial charge < -0.3 is 10.4 Å². The molecular formula is C26H29N3O2. The maximum Gasteiger partial charge on any atom is 0.257 e. The smallest absolute Gasteiger partial charge is 0.257 e. The van der Waals surface area contributed by atoms with E-state index in [-0.39, 0.29) is 17.9 Å². The number of carbonyl (C=O) groups is 1. The molecule has 31 heavy (non-hydrogen) atoms. The van der Waals surface area contributed by atoms with Crippen LogP contribution in [-0.4, -0.2) is 35.0 Å². The Labute approximate surface area is 183 Å². The van der Waals surface area contributed by atoms with Gasteiger partial charge in [-0.2, -0.15) is 5.26 Å². The predicted octanol–water partition coefficient (Wildman–Crippen LogP) is 3.18. The molecule has 1 heterocycles. The number of hydrogen-bond donors (Lipinski definition) is 2. The quantitative estimate of drug-likeness (QED) is 0.760. The first kappa shape index (κ1) is 20.2. The molecule has 160 valence electrons. The molecule has 2 aromatic carbocycles. The van der Waals surface area contributed by atoms with E-state index in [1.165, 1.54) is 0 Å². The van der Waals surface area contributed by atoms with Crippen LogP contribution in [0.15, 0.2) is 54.6 Å². The van der Waals surface area contributed by atoms with Crippen LogP contribution in [0.1, 0.15) is 42.4 Å². The van der Waals surface area contributed by atoms with Crippen molar-refractivity contribution in [1.82, 2.24) is 10.2 Å². The summed E-state index contributed by atoms with van der Waals surface area (Å²) in [5, 5.41) is 23.9. The highest BCUT2D eigenvalue weighted by Gasteiger charge is 2.58. The van der Waals surface area contributed by atoms with E-state index in [0.29, 0.717) is 23.0 Å². The van der Waals surface area contributed by atoms with Gasteiger partial charge in [0.05, 0.1) is 11.6 Å². The fourth-order valence-corrected chi connectivity index (χ4v) is 5.80. The van der Waals surface area contributed by atoms with Crippen molar-refractivity contribution in [2.24, 2.45) is 17.8 Å². The number of likely N-dealkylation sites (tertiary alicyclic amines) is 1. The highest BCUT2D eigenvalue weighted by molar-refractivity contribution is 5.87. The van der Waals surface area contributed by atoms with Crippen LogP contribution in [0, 0.1) is 29.1 Å². The van der Waals surface area contributed by atoms with E-state index in [1.807, 2.05) is 48.5 Å². The summed E-state index contributed by atoms with van der Waals surface area (Å²) < 4.78 is 0. The van der Waals surface area contributed by atoms with Crippen LogP contribution in [0.4, 0.5) is 0 Å². The molecule has 2 saturated carbocycles. The highest BCUT2D eigenvalue weighted by atomic mass is 16.3. The molecular weight excluding hydrogens is 386 g/mol. The Morgan fingerprint density at radius 1 is 1.10 bits per heavy atom. The number of nitrogens with one attached hydrogen (secondary N) is 1. The molecule has 3 aliphatic rings. The summed E-state index contributed by atoms with van der Waals surface area (Å²) in [6.45, 7) is 2.72. The topological polar surface area (TPSA) is 76.4 Å². The van der Waals surface area contributed by atoms with Gasteiger partial charge in [-0.25, -0.2) is 0 Å². The van der Waals surface area contributed by atoms with Crippen molar-refractivity contribution in [3.63, 3.8) is 0 Å². The summed E-state index contributed by atoms with van der Waals surface area (Å²) in [6.07, 6.45) is 3.94. The normalized spacial score (nSPS) is 27.3. The summed E-state index contributed by atoms with van der Waals surface area (Å²) in [5.41, 5.74) is 1.12. The monoisotopic (exact) mass is 415 g/mol.